The SMILES string of the molecule is CC(COO[N-]CCCCCCNC(=O)OCC1C[N-]CCN1)CN1CCN(C)CC1.[K+].[Y]. The Hall–Kier alpha value is 1.73. The molecule has 12 heteroatoms. The minimum Gasteiger partial charge on any atom is -0.660 e. The number of alkyl carbamates (subject to hydrolysis) is 1. The van der Waals surface area contributed by atoms with E-state index < -0.39 is 0 Å². The van der Waals surface area contributed by atoms with Crippen LogP contribution in [0.25, 0.3) is 10.8 Å². The van der Waals surface area contributed by atoms with Crippen molar-refractivity contribution in [1.82, 2.24) is 20.4 Å². The number of hydroxylamine groups is 1. The first-order chi connectivity index (χ1) is 15.1. The molecule has 2 atom stereocenters. The predicted molar refractivity (Wildman–Crippen MR) is 121 cm³/mol. The van der Waals surface area contributed by atoms with Gasteiger partial charge in [0.05, 0.1) is 6.61 Å². The molecule has 0 spiro atoms. The van der Waals surface area contributed by atoms with Crippen LogP contribution in [-0.2, 0) is 47.3 Å². The summed E-state index contributed by atoms with van der Waals surface area (Å²) >= 11 is 0. The summed E-state index contributed by atoms with van der Waals surface area (Å²) in [6.45, 7) is 12.3. The molecule has 2 aliphatic heterocycles. The Morgan fingerprint density at radius 1 is 1.21 bits per heavy atom. The van der Waals surface area contributed by atoms with Gasteiger partial charge in [-0.2, -0.15) is 0 Å². The number of carbonyl (C=O) groups excluding carboxylic acids is 1. The van der Waals surface area contributed by atoms with Crippen molar-refractivity contribution in [1.29, 1.82) is 0 Å². The van der Waals surface area contributed by atoms with Gasteiger partial charge in [0.2, 0.25) is 0 Å². The Bertz CT molecular complexity index is 472. The second-order valence-electron chi connectivity index (χ2n) is 8.64. The number of ether oxygens (including phenoxy) is 1. The van der Waals surface area contributed by atoms with Gasteiger partial charge in [-0.3, -0.25) is 4.89 Å². The molecule has 2 saturated heterocycles. The molecule has 10 nitrogen and oxygen atoms in total. The maximum atomic E-state index is 11.7. The van der Waals surface area contributed by atoms with Gasteiger partial charge in [-0.25, -0.2) is 4.79 Å². The van der Waals surface area contributed by atoms with E-state index in [9.17, 15) is 4.79 Å². The Morgan fingerprint density at radius 3 is 2.70 bits per heavy atom. The monoisotopic (exact) mass is 570 g/mol. The van der Waals surface area contributed by atoms with E-state index in [-0.39, 0.29) is 96.2 Å². The molecule has 2 rings (SSSR count). The Labute approximate surface area is 267 Å². The summed E-state index contributed by atoms with van der Waals surface area (Å²) in [5.41, 5.74) is 3.97. The smallest absolute Gasteiger partial charge is 0.660 e. The van der Waals surface area contributed by atoms with Crippen LogP contribution in [0.2, 0.25) is 0 Å². The van der Waals surface area contributed by atoms with Crippen LogP contribution in [0.5, 0.6) is 0 Å². The molecule has 0 saturated carbocycles. The number of piperazine rings is 2. The molecule has 0 bridgehead atoms. The van der Waals surface area contributed by atoms with Crippen molar-refractivity contribution in [3.05, 3.63) is 10.8 Å². The van der Waals surface area contributed by atoms with Crippen LogP contribution in [0.1, 0.15) is 32.6 Å². The number of amides is 1. The summed E-state index contributed by atoms with van der Waals surface area (Å²) in [4.78, 5) is 26.7. The quantitative estimate of drug-likeness (QED) is 0.110. The molecule has 2 heterocycles. The number of nitrogens with zero attached hydrogens (tertiary/aromatic N) is 4. The van der Waals surface area contributed by atoms with Crippen molar-refractivity contribution in [2.45, 2.75) is 38.6 Å². The Balaban J connectivity index is 0.00000512. The van der Waals surface area contributed by atoms with Gasteiger partial charge in [-0.1, -0.05) is 26.2 Å². The van der Waals surface area contributed by atoms with Gasteiger partial charge in [0, 0.05) is 78.0 Å². The van der Waals surface area contributed by atoms with Crippen LogP contribution >= 0.6 is 0 Å². The molecule has 1 radical (unpaired) electrons. The first kappa shape index (κ1) is 34.7. The number of unbranched alkanes of at least 4 members (excludes halogenated alkanes) is 3. The average molecular weight is 571 g/mol. The fraction of sp³-hybridized carbons (Fsp3) is 0.952. The number of rotatable bonds is 15. The third-order valence-corrected chi connectivity index (χ3v) is 5.54. The molecule has 0 aromatic rings. The van der Waals surface area contributed by atoms with E-state index >= 15 is 0 Å². The summed E-state index contributed by atoms with van der Waals surface area (Å²) in [6.07, 6.45) is 3.59. The fourth-order valence-corrected chi connectivity index (χ4v) is 3.59. The largest absolute Gasteiger partial charge is 1.00 e. The first-order valence-corrected chi connectivity index (χ1v) is 11.8. The zero-order valence-electron chi connectivity index (χ0n) is 21.0. The Morgan fingerprint density at radius 2 is 1.97 bits per heavy atom. The van der Waals surface area contributed by atoms with Crippen molar-refractivity contribution in [3.63, 3.8) is 0 Å². The zero-order valence-corrected chi connectivity index (χ0v) is 26.9. The van der Waals surface area contributed by atoms with E-state index in [1.54, 1.807) is 0 Å². The second kappa shape index (κ2) is 22.9. The van der Waals surface area contributed by atoms with Gasteiger partial charge in [0.1, 0.15) is 6.61 Å². The third kappa shape index (κ3) is 18.6. The number of hydrogen-bond donors (Lipinski definition) is 2. The van der Waals surface area contributed by atoms with Crippen LogP contribution in [0.15, 0.2) is 0 Å². The van der Waals surface area contributed by atoms with Gasteiger partial charge in [0.25, 0.3) is 0 Å². The molecule has 0 aromatic carbocycles. The molecule has 1 amide bonds. The van der Waals surface area contributed by atoms with Crippen molar-refractivity contribution >= 4 is 6.09 Å². The van der Waals surface area contributed by atoms with Crippen LogP contribution in [0, 0.1) is 5.92 Å². The topological polar surface area (TPSA) is 104 Å². The van der Waals surface area contributed by atoms with Crippen LogP contribution in [0.3, 0.4) is 0 Å². The van der Waals surface area contributed by atoms with Crippen molar-refractivity contribution in [2.24, 2.45) is 5.92 Å². The van der Waals surface area contributed by atoms with Crippen molar-refractivity contribution in [3.8, 4) is 0 Å². The van der Waals surface area contributed by atoms with Crippen LogP contribution in [0.4, 0.5) is 4.79 Å². The molecular formula is C21H42KN6O4Y-. The van der Waals surface area contributed by atoms with Gasteiger partial charge in [-0.15, -0.1) is 19.6 Å². The van der Waals surface area contributed by atoms with Gasteiger partial charge >= 0.3 is 57.5 Å². The number of likely N-dealkylation sites (N-methyl/N-ethyl adjacent to an activating group) is 1. The van der Waals surface area contributed by atoms with Crippen molar-refractivity contribution in [2.75, 3.05) is 85.7 Å². The van der Waals surface area contributed by atoms with E-state index in [0.717, 1.165) is 71.5 Å². The molecule has 2 N–H and O–H groups in total. The summed E-state index contributed by atoms with van der Waals surface area (Å²) in [7, 11) is 2.17. The average Bonchev–Trinajstić information content (AvgIpc) is 2.78. The first-order valence-electron chi connectivity index (χ1n) is 11.8. The number of nitrogens with one attached hydrogen (secondary N) is 2. The van der Waals surface area contributed by atoms with Gasteiger partial charge in [0.15, 0.2) is 0 Å². The second-order valence-corrected chi connectivity index (χ2v) is 8.64. The molecule has 0 aromatic heterocycles. The van der Waals surface area contributed by atoms with E-state index in [1.807, 2.05) is 0 Å². The van der Waals surface area contributed by atoms with E-state index in [1.165, 1.54) is 0 Å². The molecule has 2 aliphatic rings. The number of carbonyl (C=O) groups is 1. The van der Waals surface area contributed by atoms with Crippen LogP contribution < -0.4 is 62.0 Å². The normalized spacial score (nSPS) is 20.4. The summed E-state index contributed by atoms with van der Waals surface area (Å²) < 4.78 is 5.21. The Kier molecular flexibility index (Phi) is 24.1. The molecule has 2 fully saturated rings. The third-order valence-electron chi connectivity index (χ3n) is 5.54. The predicted octanol–water partition coefficient (Wildman–Crippen LogP) is -1.26. The summed E-state index contributed by atoms with van der Waals surface area (Å²) in [5.74, 6) is 0.423. The maximum Gasteiger partial charge on any atom is 1.00 e. The number of hydrogen-bond acceptors (Lipinski definition) is 7. The van der Waals surface area contributed by atoms with Gasteiger partial charge in [-0.05, 0) is 25.9 Å². The minimum absolute atomic E-state index is 0. The summed E-state index contributed by atoms with van der Waals surface area (Å²) in [5, 5.41) is 10.4. The zero-order chi connectivity index (χ0) is 22.2. The minimum atomic E-state index is -0.352. The summed E-state index contributed by atoms with van der Waals surface area (Å²) in [6, 6.07) is 0.148. The van der Waals surface area contributed by atoms with E-state index in [2.05, 4.69) is 45.2 Å². The van der Waals surface area contributed by atoms with Crippen molar-refractivity contribution < 1.29 is 104 Å². The fourth-order valence-electron chi connectivity index (χ4n) is 3.59. The molecule has 33 heavy (non-hydrogen) atoms. The van der Waals surface area contributed by atoms with Crippen LogP contribution in [-0.4, -0.2) is 108 Å². The molecule has 185 valence electrons. The van der Waals surface area contributed by atoms with E-state index in [4.69, 9.17) is 14.6 Å². The van der Waals surface area contributed by atoms with E-state index in [0.29, 0.717) is 38.8 Å². The molecular weight excluding hydrogens is 528 g/mol. The molecule has 0 aliphatic carbocycles. The van der Waals surface area contributed by atoms with Gasteiger partial charge < -0.3 is 41.0 Å². The molecule has 2 unspecified atom stereocenters. The maximum absolute atomic E-state index is 11.7. The standard InChI is InChI=1S/C21H42N6O4.K.Y/c1-19(16-27-13-11-26(2)12-14-27)17-30-31-25-8-6-4-3-5-7-24-21(28)29-18-20-15-22-9-10-23-20;;/h19-20,23H,3-18H2,1-2H3,(H,24,28);;/q-2;+1;.